The van der Waals surface area contributed by atoms with Crippen LogP contribution in [-0.2, 0) is 9.47 Å². The topological polar surface area (TPSA) is 53.5 Å². The second-order valence-corrected chi connectivity index (χ2v) is 4.34. The van der Waals surface area contributed by atoms with Crippen LogP contribution in [0, 0.1) is 0 Å². The summed E-state index contributed by atoms with van der Waals surface area (Å²) in [4.78, 5) is 8.33. The van der Waals surface area contributed by atoms with Gasteiger partial charge in [-0.25, -0.2) is 9.97 Å². The zero-order valence-electron chi connectivity index (χ0n) is 11.0. The predicted molar refractivity (Wildman–Crippen MR) is 72.7 cm³/mol. The van der Waals surface area contributed by atoms with Crippen molar-refractivity contribution in [2.45, 2.75) is 6.10 Å². The van der Waals surface area contributed by atoms with E-state index in [2.05, 4.69) is 9.97 Å². The predicted octanol–water partition coefficient (Wildman–Crippen LogP) is 2.63. The number of halogens is 1. The van der Waals surface area contributed by atoms with Crippen molar-refractivity contribution in [2.24, 2.45) is 0 Å². The smallest absolute Gasteiger partial charge is 0.222 e. The van der Waals surface area contributed by atoms with Crippen LogP contribution in [0.1, 0.15) is 11.7 Å². The van der Waals surface area contributed by atoms with Gasteiger partial charge in [-0.3, -0.25) is 0 Å². The van der Waals surface area contributed by atoms with Gasteiger partial charge in [0.2, 0.25) is 5.88 Å². The van der Waals surface area contributed by atoms with Crippen molar-refractivity contribution < 1.29 is 14.2 Å². The van der Waals surface area contributed by atoms with Gasteiger partial charge in [0.1, 0.15) is 11.3 Å². The van der Waals surface area contributed by atoms with E-state index in [1.165, 1.54) is 0 Å². The highest BCUT2D eigenvalue weighted by molar-refractivity contribution is 6.30. The Hall–Kier alpha value is -1.43. The zero-order chi connectivity index (χ0) is 13.8. The SMILES string of the molecule is COCC(OC)c1cnc(OC)c2cnc(Cl)cc12. The average Bonchev–Trinajstić information content (AvgIpc) is 2.43. The van der Waals surface area contributed by atoms with Gasteiger partial charge in [-0.1, -0.05) is 11.6 Å². The monoisotopic (exact) mass is 282 g/mol. The first kappa shape index (κ1) is 14.0. The summed E-state index contributed by atoms with van der Waals surface area (Å²) >= 11 is 5.97. The van der Waals surface area contributed by atoms with Crippen LogP contribution in [-0.4, -0.2) is 37.9 Å². The van der Waals surface area contributed by atoms with E-state index in [0.29, 0.717) is 17.6 Å². The van der Waals surface area contributed by atoms with E-state index in [4.69, 9.17) is 25.8 Å². The number of pyridine rings is 2. The molecule has 1 atom stereocenters. The van der Waals surface area contributed by atoms with Crippen molar-refractivity contribution in [3.05, 3.63) is 29.2 Å². The van der Waals surface area contributed by atoms with Crippen LogP contribution in [0.5, 0.6) is 5.88 Å². The minimum atomic E-state index is -0.218. The Labute approximate surface area is 116 Å². The molecule has 0 N–H and O–H groups in total. The van der Waals surface area contributed by atoms with Gasteiger partial charge >= 0.3 is 0 Å². The Morgan fingerprint density at radius 3 is 2.58 bits per heavy atom. The van der Waals surface area contributed by atoms with Crippen molar-refractivity contribution in [2.75, 3.05) is 27.9 Å². The molecule has 0 aliphatic rings. The van der Waals surface area contributed by atoms with Crippen molar-refractivity contribution >= 4 is 22.4 Å². The molecule has 102 valence electrons. The maximum atomic E-state index is 5.97. The zero-order valence-corrected chi connectivity index (χ0v) is 11.8. The maximum absolute atomic E-state index is 5.97. The van der Waals surface area contributed by atoms with Crippen molar-refractivity contribution in [3.63, 3.8) is 0 Å². The molecule has 19 heavy (non-hydrogen) atoms. The first-order valence-corrected chi connectivity index (χ1v) is 6.09. The summed E-state index contributed by atoms with van der Waals surface area (Å²) < 4.78 is 15.8. The lowest BCUT2D eigenvalue weighted by Crippen LogP contribution is -2.10. The molecular formula is C13H15ClN2O3. The summed E-state index contributed by atoms with van der Waals surface area (Å²) in [7, 11) is 4.82. The van der Waals surface area contributed by atoms with E-state index >= 15 is 0 Å². The van der Waals surface area contributed by atoms with Gasteiger partial charge in [0.05, 0.1) is 19.1 Å². The molecule has 0 aliphatic heterocycles. The molecule has 0 saturated carbocycles. The number of aromatic nitrogens is 2. The lowest BCUT2D eigenvalue weighted by atomic mass is 10.1. The van der Waals surface area contributed by atoms with E-state index in [1.54, 1.807) is 39.8 Å². The van der Waals surface area contributed by atoms with Gasteiger partial charge < -0.3 is 14.2 Å². The second-order valence-electron chi connectivity index (χ2n) is 3.96. The van der Waals surface area contributed by atoms with Crippen LogP contribution >= 0.6 is 11.6 Å². The van der Waals surface area contributed by atoms with Gasteiger partial charge in [0, 0.05) is 32.2 Å². The standard InChI is InChI=1S/C13H15ClN2O3/c1-17-7-11(18-2)9-5-16-13(19-3)10-6-15-12(14)4-8(9)10/h4-6,11H,7H2,1-3H3. The number of methoxy groups -OCH3 is 3. The molecule has 6 heteroatoms. The molecule has 1 unspecified atom stereocenters. The highest BCUT2D eigenvalue weighted by Crippen LogP contribution is 2.31. The molecule has 0 aliphatic carbocycles. The highest BCUT2D eigenvalue weighted by atomic mass is 35.5. The largest absolute Gasteiger partial charge is 0.481 e. The van der Waals surface area contributed by atoms with E-state index in [9.17, 15) is 0 Å². The highest BCUT2D eigenvalue weighted by Gasteiger charge is 2.17. The van der Waals surface area contributed by atoms with Crippen LogP contribution < -0.4 is 4.74 Å². The molecule has 2 aromatic heterocycles. The van der Waals surface area contributed by atoms with Gasteiger partial charge in [-0.05, 0) is 11.5 Å². The van der Waals surface area contributed by atoms with Crippen molar-refractivity contribution in [1.29, 1.82) is 0 Å². The van der Waals surface area contributed by atoms with E-state index < -0.39 is 0 Å². The number of hydrogen-bond donors (Lipinski definition) is 0. The van der Waals surface area contributed by atoms with Crippen molar-refractivity contribution in [1.82, 2.24) is 9.97 Å². The Bertz CT molecular complexity index is 577. The lowest BCUT2D eigenvalue weighted by molar-refractivity contribution is 0.0281. The minimum absolute atomic E-state index is 0.218. The molecule has 2 rings (SSSR count). The third-order valence-electron chi connectivity index (χ3n) is 2.88. The molecular weight excluding hydrogens is 268 g/mol. The third-order valence-corrected chi connectivity index (χ3v) is 3.08. The van der Waals surface area contributed by atoms with Gasteiger partial charge in [0.25, 0.3) is 0 Å². The molecule has 0 fully saturated rings. The van der Waals surface area contributed by atoms with Gasteiger partial charge in [0.15, 0.2) is 0 Å². The first-order valence-electron chi connectivity index (χ1n) is 5.71. The first-order chi connectivity index (χ1) is 9.21. The quantitative estimate of drug-likeness (QED) is 0.789. The van der Waals surface area contributed by atoms with Gasteiger partial charge in [-0.15, -0.1) is 0 Å². The fourth-order valence-corrected chi connectivity index (χ4v) is 2.12. The molecule has 0 spiro atoms. The average molecular weight is 283 g/mol. The van der Waals surface area contributed by atoms with Gasteiger partial charge in [-0.2, -0.15) is 0 Å². The van der Waals surface area contributed by atoms with Crippen LogP contribution in [0.25, 0.3) is 10.8 Å². The summed E-state index contributed by atoms with van der Waals surface area (Å²) in [5.74, 6) is 0.509. The molecule has 2 aromatic rings. The Morgan fingerprint density at radius 1 is 1.16 bits per heavy atom. The summed E-state index contributed by atoms with van der Waals surface area (Å²) in [6, 6.07) is 1.78. The van der Waals surface area contributed by atoms with E-state index in [-0.39, 0.29) is 6.10 Å². The summed E-state index contributed by atoms with van der Waals surface area (Å²) in [5, 5.41) is 2.10. The van der Waals surface area contributed by atoms with Crippen LogP contribution in [0.15, 0.2) is 18.5 Å². The normalized spacial score (nSPS) is 12.6. The van der Waals surface area contributed by atoms with Crippen LogP contribution in [0.2, 0.25) is 5.15 Å². The van der Waals surface area contributed by atoms with Crippen molar-refractivity contribution in [3.8, 4) is 5.88 Å². The Balaban J connectivity index is 2.64. The molecule has 2 heterocycles. The Kier molecular flexibility index (Phi) is 4.52. The number of nitrogens with zero attached hydrogens (tertiary/aromatic N) is 2. The molecule has 0 saturated heterocycles. The fraction of sp³-hybridized carbons (Fsp3) is 0.385. The maximum Gasteiger partial charge on any atom is 0.222 e. The molecule has 0 amide bonds. The molecule has 0 radical (unpaired) electrons. The lowest BCUT2D eigenvalue weighted by Gasteiger charge is -2.17. The summed E-state index contributed by atoms with van der Waals surface area (Å²) in [5.41, 5.74) is 0.893. The van der Waals surface area contributed by atoms with Crippen LogP contribution in [0.4, 0.5) is 0 Å². The number of rotatable bonds is 5. The summed E-state index contributed by atoms with van der Waals surface area (Å²) in [6.07, 6.45) is 3.14. The minimum Gasteiger partial charge on any atom is -0.481 e. The molecule has 0 bridgehead atoms. The fourth-order valence-electron chi connectivity index (χ4n) is 1.96. The van der Waals surface area contributed by atoms with E-state index in [0.717, 1.165) is 16.3 Å². The molecule has 5 nitrogen and oxygen atoms in total. The number of fused-ring (bicyclic) bond motifs is 1. The van der Waals surface area contributed by atoms with Crippen LogP contribution in [0.3, 0.4) is 0 Å². The number of hydrogen-bond acceptors (Lipinski definition) is 5. The van der Waals surface area contributed by atoms with E-state index in [1.807, 2.05) is 0 Å². The number of ether oxygens (including phenoxy) is 3. The summed E-state index contributed by atoms with van der Waals surface area (Å²) in [6.45, 7) is 0.430. The second kappa shape index (κ2) is 6.14. The molecule has 0 aromatic carbocycles. The Morgan fingerprint density at radius 2 is 1.95 bits per heavy atom. The third kappa shape index (κ3) is 2.78.